The Kier molecular flexibility index (Phi) is 5.46. The molecule has 0 saturated carbocycles. The zero-order valence-electron chi connectivity index (χ0n) is 10.8. The Bertz CT molecular complexity index is 405. The van der Waals surface area contributed by atoms with Gasteiger partial charge in [-0.2, -0.15) is 0 Å². The lowest BCUT2D eigenvalue weighted by Crippen LogP contribution is -2.34. The highest BCUT2D eigenvalue weighted by atomic mass is 16.3. The van der Waals surface area contributed by atoms with E-state index < -0.39 is 0 Å². The van der Waals surface area contributed by atoms with E-state index >= 15 is 0 Å². The Morgan fingerprint density at radius 2 is 1.78 bits per heavy atom. The lowest BCUT2D eigenvalue weighted by molar-refractivity contribution is 0.254. The van der Waals surface area contributed by atoms with E-state index in [0.29, 0.717) is 6.04 Å². The average Bonchev–Trinajstić information content (AvgIpc) is 2.33. The molecule has 2 N–H and O–H groups in total. The van der Waals surface area contributed by atoms with Gasteiger partial charge in [-0.25, -0.2) is 0 Å². The van der Waals surface area contributed by atoms with Gasteiger partial charge >= 0.3 is 0 Å². The fraction of sp³-hybridized carbons (Fsp3) is 0.333. The second kappa shape index (κ2) is 6.87. The molecule has 0 spiro atoms. The Balaban J connectivity index is 2.71. The van der Waals surface area contributed by atoms with Gasteiger partial charge in [-0.3, -0.25) is 4.90 Å². The second-order valence-corrected chi connectivity index (χ2v) is 4.41. The number of phenolic OH excluding ortho intramolecular Hbond substituents is 2. The molecule has 18 heavy (non-hydrogen) atoms. The molecule has 3 heteroatoms. The van der Waals surface area contributed by atoms with Crippen LogP contribution in [-0.4, -0.2) is 34.2 Å². The van der Waals surface area contributed by atoms with Gasteiger partial charge in [-0.15, -0.1) is 13.2 Å². The number of benzene rings is 1. The molecule has 0 bridgehead atoms. The van der Waals surface area contributed by atoms with Crippen molar-refractivity contribution < 1.29 is 10.2 Å². The van der Waals surface area contributed by atoms with Crippen molar-refractivity contribution >= 4 is 0 Å². The molecular weight excluding hydrogens is 226 g/mol. The molecule has 0 aliphatic rings. The Morgan fingerprint density at radius 1 is 1.17 bits per heavy atom. The highest BCUT2D eigenvalue weighted by molar-refractivity contribution is 5.40. The molecule has 0 aliphatic carbocycles. The normalized spacial score (nSPS) is 12.3. The zero-order valence-corrected chi connectivity index (χ0v) is 10.8. The topological polar surface area (TPSA) is 43.7 Å². The van der Waals surface area contributed by atoms with Gasteiger partial charge in [0, 0.05) is 19.1 Å². The van der Waals surface area contributed by atoms with E-state index in [9.17, 15) is 10.2 Å². The number of phenols is 2. The SMILES string of the molecule is C=CCN(CC=C)C(C)Cc1ccc(O)c(O)c1. The zero-order chi connectivity index (χ0) is 13.5. The summed E-state index contributed by atoms with van der Waals surface area (Å²) in [5.41, 5.74) is 0.996. The van der Waals surface area contributed by atoms with Crippen LogP contribution in [0.1, 0.15) is 12.5 Å². The fourth-order valence-corrected chi connectivity index (χ4v) is 1.93. The molecule has 1 aromatic rings. The molecule has 1 rings (SSSR count). The molecule has 0 amide bonds. The Hall–Kier alpha value is -1.74. The lowest BCUT2D eigenvalue weighted by atomic mass is 10.1. The smallest absolute Gasteiger partial charge is 0.157 e. The highest BCUT2D eigenvalue weighted by Gasteiger charge is 2.12. The summed E-state index contributed by atoms with van der Waals surface area (Å²) in [5.74, 6) is -0.154. The third-order valence-corrected chi connectivity index (χ3v) is 2.92. The largest absolute Gasteiger partial charge is 0.504 e. The number of nitrogens with zero attached hydrogens (tertiary/aromatic N) is 1. The van der Waals surface area contributed by atoms with Crippen LogP contribution in [0, 0.1) is 0 Å². The third kappa shape index (κ3) is 3.93. The molecule has 0 saturated heterocycles. The molecule has 0 heterocycles. The number of hydrogen-bond acceptors (Lipinski definition) is 3. The predicted octanol–water partition coefficient (Wildman–Crippen LogP) is 2.70. The summed E-state index contributed by atoms with van der Waals surface area (Å²) in [6.45, 7) is 11.2. The summed E-state index contributed by atoms with van der Waals surface area (Å²) in [6.07, 6.45) is 4.54. The first-order chi connectivity index (χ1) is 8.58. The standard InChI is InChI=1S/C15H21NO2/c1-4-8-16(9-5-2)12(3)10-13-6-7-14(17)15(18)11-13/h4-7,11-12,17-18H,1-2,8-10H2,3H3. The molecule has 0 aliphatic heterocycles. The van der Waals surface area contributed by atoms with Gasteiger partial charge in [0.05, 0.1) is 0 Å². The van der Waals surface area contributed by atoms with Gasteiger partial charge < -0.3 is 10.2 Å². The lowest BCUT2D eigenvalue weighted by Gasteiger charge is -2.26. The fourth-order valence-electron chi connectivity index (χ4n) is 1.93. The Labute approximate surface area is 109 Å². The van der Waals surface area contributed by atoms with Gasteiger partial charge in [0.15, 0.2) is 11.5 Å². The van der Waals surface area contributed by atoms with Crippen molar-refractivity contribution in [2.24, 2.45) is 0 Å². The number of aromatic hydroxyl groups is 2. The van der Waals surface area contributed by atoms with E-state index in [-0.39, 0.29) is 11.5 Å². The molecule has 1 atom stereocenters. The minimum Gasteiger partial charge on any atom is -0.504 e. The van der Waals surface area contributed by atoms with Crippen LogP contribution < -0.4 is 0 Å². The molecule has 1 aromatic carbocycles. The minimum absolute atomic E-state index is 0.0707. The summed E-state index contributed by atoms with van der Waals surface area (Å²) >= 11 is 0. The molecule has 3 nitrogen and oxygen atoms in total. The predicted molar refractivity (Wildman–Crippen MR) is 74.9 cm³/mol. The summed E-state index contributed by atoms with van der Waals surface area (Å²) in [4.78, 5) is 2.24. The van der Waals surface area contributed by atoms with Gasteiger partial charge in [-0.1, -0.05) is 18.2 Å². The Morgan fingerprint density at radius 3 is 2.28 bits per heavy atom. The van der Waals surface area contributed by atoms with Crippen molar-refractivity contribution in [1.82, 2.24) is 4.90 Å². The first kappa shape index (κ1) is 14.3. The quantitative estimate of drug-likeness (QED) is 0.575. The van der Waals surface area contributed by atoms with Crippen LogP contribution in [-0.2, 0) is 6.42 Å². The first-order valence-electron chi connectivity index (χ1n) is 6.05. The van der Waals surface area contributed by atoms with Crippen molar-refractivity contribution in [3.63, 3.8) is 0 Å². The van der Waals surface area contributed by atoms with Gasteiger partial charge in [-0.05, 0) is 31.0 Å². The first-order valence-corrected chi connectivity index (χ1v) is 6.05. The monoisotopic (exact) mass is 247 g/mol. The summed E-state index contributed by atoms with van der Waals surface area (Å²) in [6, 6.07) is 5.25. The van der Waals surface area contributed by atoms with Gasteiger partial charge in [0.25, 0.3) is 0 Å². The summed E-state index contributed by atoms with van der Waals surface area (Å²) in [7, 11) is 0. The van der Waals surface area contributed by atoms with Crippen molar-refractivity contribution in [3.8, 4) is 11.5 Å². The van der Waals surface area contributed by atoms with Crippen LogP contribution in [0.2, 0.25) is 0 Å². The van der Waals surface area contributed by atoms with Crippen LogP contribution in [0.25, 0.3) is 0 Å². The molecule has 0 radical (unpaired) electrons. The minimum atomic E-state index is -0.0829. The highest BCUT2D eigenvalue weighted by Crippen LogP contribution is 2.25. The molecule has 1 unspecified atom stereocenters. The number of rotatable bonds is 7. The van der Waals surface area contributed by atoms with Crippen molar-refractivity contribution in [2.75, 3.05) is 13.1 Å². The molecule has 0 fully saturated rings. The van der Waals surface area contributed by atoms with E-state index in [1.54, 1.807) is 6.07 Å². The number of hydrogen-bond donors (Lipinski definition) is 2. The van der Waals surface area contributed by atoms with E-state index in [4.69, 9.17) is 0 Å². The average molecular weight is 247 g/mol. The summed E-state index contributed by atoms with van der Waals surface area (Å²) < 4.78 is 0. The second-order valence-electron chi connectivity index (χ2n) is 4.41. The maximum atomic E-state index is 9.46. The van der Waals surface area contributed by atoms with E-state index in [1.165, 1.54) is 6.07 Å². The summed E-state index contributed by atoms with van der Waals surface area (Å²) in [5, 5.41) is 18.7. The van der Waals surface area contributed by atoms with Crippen molar-refractivity contribution in [1.29, 1.82) is 0 Å². The maximum Gasteiger partial charge on any atom is 0.157 e. The third-order valence-electron chi connectivity index (χ3n) is 2.92. The van der Waals surface area contributed by atoms with Crippen LogP contribution in [0.4, 0.5) is 0 Å². The van der Waals surface area contributed by atoms with E-state index in [2.05, 4.69) is 25.0 Å². The van der Waals surface area contributed by atoms with Gasteiger partial charge in [0.2, 0.25) is 0 Å². The van der Waals surface area contributed by atoms with E-state index in [1.807, 2.05) is 18.2 Å². The van der Waals surface area contributed by atoms with Crippen LogP contribution in [0.5, 0.6) is 11.5 Å². The van der Waals surface area contributed by atoms with Crippen LogP contribution >= 0.6 is 0 Å². The van der Waals surface area contributed by atoms with Crippen LogP contribution in [0.15, 0.2) is 43.5 Å². The molecular formula is C15H21NO2. The molecule has 0 aromatic heterocycles. The molecule has 98 valence electrons. The van der Waals surface area contributed by atoms with E-state index in [0.717, 1.165) is 25.1 Å². The van der Waals surface area contributed by atoms with Gasteiger partial charge in [0.1, 0.15) is 0 Å². The van der Waals surface area contributed by atoms with Crippen molar-refractivity contribution in [2.45, 2.75) is 19.4 Å². The maximum absolute atomic E-state index is 9.46. The van der Waals surface area contributed by atoms with Crippen molar-refractivity contribution in [3.05, 3.63) is 49.1 Å². The van der Waals surface area contributed by atoms with Crippen LogP contribution in [0.3, 0.4) is 0 Å².